The normalized spacial score (nSPS) is 10.0. The van der Waals surface area contributed by atoms with E-state index in [0.29, 0.717) is 15.6 Å². The molecule has 6 heteroatoms. The van der Waals surface area contributed by atoms with Crippen LogP contribution in [0.25, 0.3) is 0 Å². The zero-order chi connectivity index (χ0) is 13.8. The summed E-state index contributed by atoms with van der Waals surface area (Å²) in [5.41, 5.74) is 1.36. The van der Waals surface area contributed by atoms with Crippen LogP contribution in [0.15, 0.2) is 46.2 Å². The van der Waals surface area contributed by atoms with Crippen LogP contribution in [0.2, 0.25) is 10.0 Å². The molecule has 1 N–H and O–H groups in total. The number of benzene rings is 2. The van der Waals surface area contributed by atoms with Gasteiger partial charge in [-0.1, -0.05) is 47.8 Å². The van der Waals surface area contributed by atoms with Crippen LogP contribution in [-0.4, -0.2) is 0 Å². The summed E-state index contributed by atoms with van der Waals surface area (Å²) in [7, 11) is 0. The molecule has 0 aliphatic heterocycles. The minimum Gasteiger partial charge on any atom is -0.332 e. The smallest absolute Gasteiger partial charge is 0.0991 e. The summed E-state index contributed by atoms with van der Waals surface area (Å²) < 4.78 is 2.70. The molecule has 0 fully saturated rings. The number of hydrogen-bond donors (Lipinski definition) is 2. The first-order chi connectivity index (χ1) is 9.13. The highest BCUT2D eigenvalue weighted by atomic mass is 35.5. The van der Waals surface area contributed by atoms with Crippen molar-refractivity contribution >= 4 is 53.5 Å². The van der Waals surface area contributed by atoms with E-state index in [2.05, 4.69) is 23.6 Å². The van der Waals surface area contributed by atoms with Crippen molar-refractivity contribution in [2.75, 3.05) is 4.72 Å². The Morgan fingerprint density at radius 2 is 1.68 bits per heavy atom. The third-order valence-electron chi connectivity index (χ3n) is 2.33. The first-order valence-electron chi connectivity index (χ1n) is 5.21. The molecular formula is C13H8Cl2N2S2. The van der Waals surface area contributed by atoms with Crippen molar-refractivity contribution < 1.29 is 0 Å². The molecule has 0 aliphatic carbocycles. The molecule has 0 spiro atoms. The van der Waals surface area contributed by atoms with Crippen molar-refractivity contribution in [1.82, 2.24) is 0 Å². The van der Waals surface area contributed by atoms with Gasteiger partial charge in [0.2, 0.25) is 0 Å². The Morgan fingerprint density at radius 1 is 1.11 bits per heavy atom. The summed E-state index contributed by atoms with van der Waals surface area (Å²) in [6.07, 6.45) is 0. The molecule has 19 heavy (non-hydrogen) atoms. The number of hydrogen-bond acceptors (Lipinski definition) is 4. The van der Waals surface area contributed by atoms with Gasteiger partial charge in [-0.25, -0.2) is 0 Å². The maximum absolute atomic E-state index is 8.75. The zero-order valence-electron chi connectivity index (χ0n) is 9.52. The third kappa shape index (κ3) is 3.52. The topological polar surface area (TPSA) is 35.8 Å². The maximum Gasteiger partial charge on any atom is 0.0991 e. The Balaban J connectivity index is 2.30. The van der Waals surface area contributed by atoms with Crippen LogP contribution in [0.3, 0.4) is 0 Å². The van der Waals surface area contributed by atoms with Crippen molar-refractivity contribution in [3.05, 3.63) is 52.0 Å². The lowest BCUT2D eigenvalue weighted by Crippen LogP contribution is -1.84. The molecule has 0 aliphatic rings. The van der Waals surface area contributed by atoms with Crippen LogP contribution in [-0.2, 0) is 0 Å². The van der Waals surface area contributed by atoms with Gasteiger partial charge in [-0.3, -0.25) is 0 Å². The molecule has 2 aromatic carbocycles. The highest BCUT2D eigenvalue weighted by Gasteiger charge is 2.10. The van der Waals surface area contributed by atoms with Gasteiger partial charge in [-0.05, 0) is 36.4 Å². The molecule has 0 saturated carbocycles. The minimum absolute atomic E-state index is 0.554. The summed E-state index contributed by atoms with van der Waals surface area (Å²) in [6.45, 7) is 0. The molecule has 0 bridgehead atoms. The molecule has 2 nitrogen and oxygen atoms in total. The molecule has 0 radical (unpaired) electrons. The quantitative estimate of drug-likeness (QED) is 0.754. The molecule has 0 saturated heterocycles. The number of anilines is 1. The summed E-state index contributed by atoms with van der Waals surface area (Å²) in [6, 6.07) is 12.8. The predicted octanol–water partition coefficient (Wildman–Crippen LogP) is 5.27. The van der Waals surface area contributed by atoms with Crippen LogP contribution in [0.1, 0.15) is 5.56 Å². The van der Waals surface area contributed by atoms with E-state index >= 15 is 0 Å². The second-order valence-corrected chi connectivity index (χ2v) is 5.74. The molecule has 96 valence electrons. The molecule has 2 rings (SSSR count). The largest absolute Gasteiger partial charge is 0.332 e. The molecule has 0 heterocycles. The van der Waals surface area contributed by atoms with E-state index in [1.54, 1.807) is 24.3 Å². The Kier molecular flexibility index (Phi) is 4.89. The number of rotatable bonds is 3. The van der Waals surface area contributed by atoms with Gasteiger partial charge in [0.25, 0.3) is 0 Å². The molecule has 0 amide bonds. The minimum atomic E-state index is 0.554. The number of nitrogens with zero attached hydrogens (tertiary/aromatic N) is 1. The SMILES string of the molecule is N#Cc1ccc(Sc2c(Cl)cc(NS)cc2Cl)cc1. The van der Waals surface area contributed by atoms with Crippen molar-refractivity contribution in [1.29, 1.82) is 5.26 Å². The number of halogens is 2. The summed E-state index contributed by atoms with van der Waals surface area (Å²) >= 11 is 17.8. The maximum atomic E-state index is 8.75. The van der Waals surface area contributed by atoms with E-state index in [9.17, 15) is 0 Å². The van der Waals surface area contributed by atoms with Crippen molar-refractivity contribution in [2.24, 2.45) is 0 Å². The van der Waals surface area contributed by atoms with Crippen molar-refractivity contribution in [3.8, 4) is 6.07 Å². The van der Waals surface area contributed by atoms with E-state index in [-0.39, 0.29) is 0 Å². The van der Waals surface area contributed by atoms with Crippen molar-refractivity contribution in [2.45, 2.75) is 9.79 Å². The third-order valence-corrected chi connectivity index (χ3v) is 4.56. The fraction of sp³-hybridized carbons (Fsp3) is 0. The average Bonchev–Trinajstić information content (AvgIpc) is 2.43. The lowest BCUT2D eigenvalue weighted by molar-refractivity contribution is 1.39. The second-order valence-electron chi connectivity index (χ2n) is 3.62. The first kappa shape index (κ1) is 14.4. The lowest BCUT2D eigenvalue weighted by atomic mass is 10.2. The van der Waals surface area contributed by atoms with Gasteiger partial charge in [0.1, 0.15) is 0 Å². The highest BCUT2D eigenvalue weighted by molar-refractivity contribution is 7.99. The summed E-state index contributed by atoms with van der Waals surface area (Å²) in [5, 5.41) is 9.86. The highest BCUT2D eigenvalue weighted by Crippen LogP contribution is 2.40. The van der Waals surface area contributed by atoms with Gasteiger partial charge < -0.3 is 4.72 Å². The van der Waals surface area contributed by atoms with Crippen molar-refractivity contribution in [3.63, 3.8) is 0 Å². The fourth-order valence-corrected chi connectivity index (χ4v) is 3.11. The molecule has 0 aromatic heterocycles. The van der Waals surface area contributed by atoms with E-state index in [1.807, 2.05) is 12.1 Å². The average molecular weight is 327 g/mol. The van der Waals surface area contributed by atoms with Gasteiger partial charge in [0.05, 0.1) is 21.7 Å². The standard InChI is InChI=1S/C13H8Cl2N2S2/c14-11-5-9(17-18)6-12(15)13(11)19-10-3-1-8(7-16)2-4-10/h1-6,17-18H. The molecule has 0 atom stereocenters. The van der Waals surface area contributed by atoms with Gasteiger partial charge in [-0.2, -0.15) is 5.26 Å². The zero-order valence-corrected chi connectivity index (χ0v) is 12.7. The van der Waals surface area contributed by atoms with Crippen LogP contribution in [0.4, 0.5) is 5.69 Å². The van der Waals surface area contributed by atoms with Gasteiger partial charge >= 0.3 is 0 Å². The number of nitriles is 1. The molecule has 0 unspecified atom stereocenters. The van der Waals surface area contributed by atoms with E-state index in [0.717, 1.165) is 15.5 Å². The van der Waals surface area contributed by atoms with E-state index < -0.39 is 0 Å². The summed E-state index contributed by atoms with van der Waals surface area (Å²) in [5.74, 6) is 0. The van der Waals surface area contributed by atoms with Gasteiger partial charge in [-0.15, -0.1) is 0 Å². The molecular weight excluding hydrogens is 319 g/mol. The van der Waals surface area contributed by atoms with Gasteiger partial charge in [0, 0.05) is 15.5 Å². The monoisotopic (exact) mass is 326 g/mol. The molecule has 2 aromatic rings. The van der Waals surface area contributed by atoms with Crippen LogP contribution < -0.4 is 4.72 Å². The summed E-state index contributed by atoms with van der Waals surface area (Å²) in [4.78, 5) is 1.75. The first-order valence-corrected chi connectivity index (χ1v) is 7.23. The van der Waals surface area contributed by atoms with Gasteiger partial charge in [0.15, 0.2) is 0 Å². The van der Waals surface area contributed by atoms with E-state index in [1.165, 1.54) is 11.8 Å². The number of nitrogens with one attached hydrogen (secondary N) is 1. The second kappa shape index (κ2) is 6.44. The lowest BCUT2D eigenvalue weighted by Gasteiger charge is -2.09. The van der Waals surface area contributed by atoms with Crippen LogP contribution in [0.5, 0.6) is 0 Å². The Bertz CT molecular complexity index is 613. The van der Waals surface area contributed by atoms with Crippen LogP contribution >= 0.6 is 47.8 Å². The fourth-order valence-electron chi connectivity index (χ4n) is 1.44. The van der Waals surface area contributed by atoms with Crippen LogP contribution in [0, 0.1) is 11.3 Å². The van der Waals surface area contributed by atoms with E-state index in [4.69, 9.17) is 28.5 Å². The Labute approximate surface area is 131 Å². The Hall–Kier alpha value is -0.990. The number of thiol groups is 1. The Morgan fingerprint density at radius 3 is 2.16 bits per heavy atom. The predicted molar refractivity (Wildman–Crippen MR) is 84.4 cm³/mol.